The number of ketones is 1. The second kappa shape index (κ2) is 4.45. The molecule has 0 spiro atoms. The Hall–Kier alpha value is -1.83. The van der Waals surface area contributed by atoms with Gasteiger partial charge in [-0.15, -0.1) is 0 Å². The largest absolute Gasteiger partial charge is 0.361 e. The van der Waals surface area contributed by atoms with E-state index in [1.165, 1.54) is 10.9 Å². The quantitative estimate of drug-likeness (QED) is 0.852. The van der Waals surface area contributed by atoms with Crippen molar-refractivity contribution in [3.8, 4) is 0 Å². The molecule has 18 heavy (non-hydrogen) atoms. The first-order chi connectivity index (χ1) is 8.75. The minimum Gasteiger partial charge on any atom is -0.361 e. The van der Waals surface area contributed by atoms with Crippen LogP contribution in [0.4, 0.5) is 0 Å². The minimum atomic E-state index is 0.161. The zero-order chi connectivity index (χ0) is 12.5. The molecule has 0 fully saturated rings. The molecule has 2 aromatic rings. The first-order valence-electron chi connectivity index (χ1n) is 6.51. The molecule has 0 amide bonds. The van der Waals surface area contributed by atoms with Crippen molar-refractivity contribution in [2.45, 2.75) is 26.2 Å². The van der Waals surface area contributed by atoms with Gasteiger partial charge < -0.3 is 4.98 Å². The standard InChI is InChI=1S/C16H17NO/c1-11-5-4-6-12(16(11)18)9-13-10-17-15-8-3-2-7-14(13)15/h2-3,5,7-8,10,12,17H,4,6,9H2,1H3/t12-/m1/s1. The second-order valence-electron chi connectivity index (χ2n) is 5.09. The predicted octanol–water partition coefficient (Wildman–Crippen LogP) is 3.64. The summed E-state index contributed by atoms with van der Waals surface area (Å²) in [6, 6.07) is 8.28. The molecule has 0 saturated heterocycles. The third kappa shape index (κ3) is 1.88. The smallest absolute Gasteiger partial charge is 0.161 e. The Morgan fingerprint density at radius 2 is 2.17 bits per heavy atom. The Bertz CT molecular complexity index is 621. The summed E-state index contributed by atoms with van der Waals surface area (Å²) in [6.45, 7) is 1.93. The molecule has 1 aromatic carbocycles. The number of aromatic amines is 1. The van der Waals surface area contributed by atoms with Gasteiger partial charge >= 0.3 is 0 Å². The lowest BCUT2D eigenvalue weighted by molar-refractivity contribution is -0.119. The highest BCUT2D eigenvalue weighted by Gasteiger charge is 2.23. The molecule has 1 aromatic heterocycles. The first kappa shape index (κ1) is 11.3. The van der Waals surface area contributed by atoms with Gasteiger partial charge in [-0.05, 0) is 43.4 Å². The Balaban J connectivity index is 1.89. The third-order valence-corrected chi connectivity index (χ3v) is 3.87. The predicted molar refractivity (Wildman–Crippen MR) is 73.5 cm³/mol. The van der Waals surface area contributed by atoms with E-state index in [9.17, 15) is 4.79 Å². The Morgan fingerprint density at radius 1 is 1.33 bits per heavy atom. The summed E-state index contributed by atoms with van der Waals surface area (Å²) in [7, 11) is 0. The van der Waals surface area contributed by atoms with Crippen LogP contribution in [0.3, 0.4) is 0 Å². The van der Waals surface area contributed by atoms with E-state index >= 15 is 0 Å². The van der Waals surface area contributed by atoms with Gasteiger partial charge in [0.15, 0.2) is 5.78 Å². The van der Waals surface area contributed by atoms with Crippen molar-refractivity contribution in [3.05, 3.63) is 47.7 Å². The molecule has 0 bridgehead atoms. The number of para-hydroxylation sites is 1. The number of carbonyl (C=O) groups is 1. The number of fused-ring (bicyclic) bond motifs is 1. The third-order valence-electron chi connectivity index (χ3n) is 3.87. The lowest BCUT2D eigenvalue weighted by Crippen LogP contribution is -2.21. The van der Waals surface area contributed by atoms with E-state index in [2.05, 4.69) is 23.2 Å². The molecule has 0 saturated carbocycles. The van der Waals surface area contributed by atoms with E-state index in [0.717, 1.165) is 30.4 Å². The Kier molecular flexibility index (Phi) is 2.78. The molecule has 0 unspecified atom stereocenters. The molecule has 1 N–H and O–H groups in total. The Labute approximate surface area is 107 Å². The van der Waals surface area contributed by atoms with Gasteiger partial charge in [-0.3, -0.25) is 4.79 Å². The summed E-state index contributed by atoms with van der Waals surface area (Å²) in [5.41, 5.74) is 3.35. The number of carbonyl (C=O) groups excluding carboxylic acids is 1. The molecular formula is C16H17NO. The normalized spacial score (nSPS) is 20.2. The number of allylic oxidation sites excluding steroid dienone is 2. The average Bonchev–Trinajstić information content (AvgIpc) is 2.79. The lowest BCUT2D eigenvalue weighted by Gasteiger charge is -2.19. The van der Waals surface area contributed by atoms with Gasteiger partial charge in [-0.2, -0.15) is 0 Å². The molecule has 0 aliphatic heterocycles. The van der Waals surface area contributed by atoms with Gasteiger partial charge in [-0.25, -0.2) is 0 Å². The fourth-order valence-electron chi connectivity index (χ4n) is 2.82. The maximum absolute atomic E-state index is 12.1. The maximum Gasteiger partial charge on any atom is 0.161 e. The number of hydrogen-bond donors (Lipinski definition) is 1. The van der Waals surface area contributed by atoms with Crippen molar-refractivity contribution in [3.63, 3.8) is 0 Å². The van der Waals surface area contributed by atoms with Crippen LogP contribution in [0.5, 0.6) is 0 Å². The van der Waals surface area contributed by atoms with Crippen molar-refractivity contribution in [1.29, 1.82) is 0 Å². The van der Waals surface area contributed by atoms with Crippen LogP contribution < -0.4 is 0 Å². The second-order valence-corrected chi connectivity index (χ2v) is 5.09. The lowest BCUT2D eigenvalue weighted by atomic mass is 9.84. The van der Waals surface area contributed by atoms with Crippen LogP contribution in [0.15, 0.2) is 42.1 Å². The monoisotopic (exact) mass is 239 g/mol. The van der Waals surface area contributed by atoms with Crippen LogP contribution in [0.25, 0.3) is 10.9 Å². The highest BCUT2D eigenvalue weighted by molar-refractivity contribution is 5.97. The highest BCUT2D eigenvalue weighted by Crippen LogP contribution is 2.27. The summed E-state index contributed by atoms with van der Waals surface area (Å²) in [5, 5.41) is 1.25. The number of hydrogen-bond acceptors (Lipinski definition) is 1. The van der Waals surface area contributed by atoms with Crippen molar-refractivity contribution >= 4 is 16.7 Å². The van der Waals surface area contributed by atoms with Gasteiger partial charge in [-0.1, -0.05) is 24.3 Å². The minimum absolute atomic E-state index is 0.161. The number of Topliss-reactive ketones (excluding diaryl/α,β-unsaturated/α-hetero) is 1. The topological polar surface area (TPSA) is 32.9 Å². The molecule has 3 rings (SSSR count). The zero-order valence-corrected chi connectivity index (χ0v) is 10.6. The van der Waals surface area contributed by atoms with Gasteiger partial charge in [0.2, 0.25) is 0 Å². The maximum atomic E-state index is 12.1. The van der Waals surface area contributed by atoms with Crippen LogP contribution in [-0.4, -0.2) is 10.8 Å². The van der Waals surface area contributed by atoms with Crippen molar-refractivity contribution in [1.82, 2.24) is 4.98 Å². The summed E-state index contributed by atoms with van der Waals surface area (Å²) in [5.74, 6) is 0.487. The van der Waals surface area contributed by atoms with Crippen LogP contribution in [0, 0.1) is 5.92 Å². The van der Waals surface area contributed by atoms with Crippen molar-refractivity contribution in [2.75, 3.05) is 0 Å². The number of benzene rings is 1. The van der Waals surface area contributed by atoms with Crippen LogP contribution >= 0.6 is 0 Å². The van der Waals surface area contributed by atoms with E-state index in [0.29, 0.717) is 5.78 Å². The van der Waals surface area contributed by atoms with Gasteiger partial charge in [0.1, 0.15) is 0 Å². The summed E-state index contributed by atoms with van der Waals surface area (Å²) in [4.78, 5) is 15.4. The highest BCUT2D eigenvalue weighted by atomic mass is 16.1. The number of aromatic nitrogens is 1. The molecule has 2 heteroatoms. The molecule has 1 aliphatic carbocycles. The molecule has 0 radical (unpaired) electrons. The fraction of sp³-hybridized carbons (Fsp3) is 0.312. The molecule has 92 valence electrons. The van der Waals surface area contributed by atoms with Gasteiger partial charge in [0.05, 0.1) is 0 Å². The van der Waals surface area contributed by atoms with E-state index in [-0.39, 0.29) is 5.92 Å². The van der Waals surface area contributed by atoms with Crippen LogP contribution in [-0.2, 0) is 11.2 Å². The van der Waals surface area contributed by atoms with E-state index in [4.69, 9.17) is 0 Å². The Morgan fingerprint density at radius 3 is 3.06 bits per heavy atom. The number of rotatable bonds is 2. The number of nitrogens with one attached hydrogen (secondary N) is 1. The molecule has 1 aliphatic rings. The summed E-state index contributed by atoms with van der Waals surface area (Å²) < 4.78 is 0. The summed E-state index contributed by atoms with van der Waals surface area (Å²) in [6.07, 6.45) is 6.98. The molecular weight excluding hydrogens is 222 g/mol. The first-order valence-corrected chi connectivity index (χ1v) is 6.51. The van der Waals surface area contributed by atoms with Crippen molar-refractivity contribution < 1.29 is 4.79 Å². The summed E-state index contributed by atoms with van der Waals surface area (Å²) >= 11 is 0. The average molecular weight is 239 g/mol. The number of H-pyrrole nitrogens is 1. The van der Waals surface area contributed by atoms with Gasteiger partial charge in [0, 0.05) is 23.0 Å². The van der Waals surface area contributed by atoms with Gasteiger partial charge in [0.25, 0.3) is 0 Å². The zero-order valence-electron chi connectivity index (χ0n) is 10.6. The van der Waals surface area contributed by atoms with E-state index in [1.54, 1.807) is 0 Å². The molecule has 2 nitrogen and oxygen atoms in total. The van der Waals surface area contributed by atoms with E-state index < -0.39 is 0 Å². The molecule has 1 atom stereocenters. The van der Waals surface area contributed by atoms with Crippen LogP contribution in [0.2, 0.25) is 0 Å². The molecule has 1 heterocycles. The van der Waals surface area contributed by atoms with Crippen molar-refractivity contribution in [2.24, 2.45) is 5.92 Å². The van der Waals surface area contributed by atoms with E-state index in [1.807, 2.05) is 25.3 Å². The fourth-order valence-corrected chi connectivity index (χ4v) is 2.82. The SMILES string of the molecule is CC1=CCC[C@H](Cc2c[nH]c3ccccc23)C1=O. The van der Waals surface area contributed by atoms with Crippen LogP contribution in [0.1, 0.15) is 25.3 Å².